The maximum atomic E-state index is 12.3. The minimum Gasteiger partial charge on any atom is -0.355 e. The lowest BCUT2D eigenvalue weighted by Gasteiger charge is -2.28. The molecule has 116 valence electrons. The number of nitrogens with zero attached hydrogens (tertiary/aromatic N) is 1. The van der Waals surface area contributed by atoms with Gasteiger partial charge in [0.05, 0.1) is 0 Å². The molecule has 1 atom stereocenters. The smallest absolute Gasteiger partial charge is 0.242 e. The van der Waals surface area contributed by atoms with Crippen molar-refractivity contribution >= 4 is 23.4 Å². The van der Waals surface area contributed by atoms with Gasteiger partial charge in [-0.05, 0) is 38.0 Å². The third-order valence-corrected chi connectivity index (χ3v) is 3.50. The topological polar surface area (TPSA) is 49.4 Å². The van der Waals surface area contributed by atoms with Gasteiger partial charge in [-0.2, -0.15) is 0 Å². The molecule has 0 saturated carbocycles. The van der Waals surface area contributed by atoms with E-state index in [1.54, 1.807) is 24.0 Å². The molecule has 0 spiro atoms. The maximum absolute atomic E-state index is 12.3. The van der Waals surface area contributed by atoms with Crippen LogP contribution in [0.5, 0.6) is 0 Å². The van der Waals surface area contributed by atoms with Gasteiger partial charge >= 0.3 is 0 Å². The van der Waals surface area contributed by atoms with E-state index in [0.717, 1.165) is 12.0 Å². The maximum Gasteiger partial charge on any atom is 0.242 e. The van der Waals surface area contributed by atoms with E-state index in [9.17, 15) is 9.59 Å². The molecule has 0 aliphatic rings. The van der Waals surface area contributed by atoms with Gasteiger partial charge < -0.3 is 10.2 Å². The van der Waals surface area contributed by atoms with Crippen LogP contribution in [0.3, 0.4) is 0 Å². The predicted molar refractivity (Wildman–Crippen MR) is 85.1 cm³/mol. The zero-order chi connectivity index (χ0) is 15.8. The average Bonchev–Trinajstić information content (AvgIpc) is 2.46. The minimum absolute atomic E-state index is 0.00815. The molecule has 0 saturated heterocycles. The Hall–Kier alpha value is -1.55. The van der Waals surface area contributed by atoms with E-state index in [-0.39, 0.29) is 11.8 Å². The first-order valence-corrected chi connectivity index (χ1v) is 7.69. The summed E-state index contributed by atoms with van der Waals surface area (Å²) in [5.41, 5.74) is 0.958. The summed E-state index contributed by atoms with van der Waals surface area (Å²) in [4.78, 5) is 25.9. The van der Waals surface area contributed by atoms with Gasteiger partial charge in [-0.25, -0.2) is 0 Å². The highest BCUT2D eigenvalue weighted by molar-refractivity contribution is 6.30. The predicted octanol–water partition coefficient (Wildman–Crippen LogP) is 2.99. The summed E-state index contributed by atoms with van der Waals surface area (Å²) >= 11 is 5.87. The molecule has 0 bridgehead atoms. The van der Waals surface area contributed by atoms with E-state index in [2.05, 4.69) is 5.32 Å². The average molecular weight is 311 g/mol. The van der Waals surface area contributed by atoms with Crippen LogP contribution in [0, 0.1) is 0 Å². The van der Waals surface area contributed by atoms with E-state index >= 15 is 0 Å². The van der Waals surface area contributed by atoms with E-state index in [1.807, 2.05) is 26.0 Å². The normalized spacial score (nSPS) is 11.8. The molecule has 1 aromatic rings. The van der Waals surface area contributed by atoms with Crippen LogP contribution in [0.25, 0.3) is 0 Å². The molecule has 5 heteroatoms. The van der Waals surface area contributed by atoms with Crippen molar-refractivity contribution in [2.75, 3.05) is 6.54 Å². The molecule has 21 heavy (non-hydrogen) atoms. The summed E-state index contributed by atoms with van der Waals surface area (Å²) in [6.45, 7) is 6.54. The van der Waals surface area contributed by atoms with Crippen LogP contribution in [0.4, 0.5) is 0 Å². The van der Waals surface area contributed by atoms with Gasteiger partial charge in [-0.1, -0.05) is 30.7 Å². The van der Waals surface area contributed by atoms with Crippen LogP contribution in [0.15, 0.2) is 24.3 Å². The van der Waals surface area contributed by atoms with Crippen LogP contribution >= 0.6 is 11.6 Å². The largest absolute Gasteiger partial charge is 0.355 e. The molecule has 0 unspecified atom stereocenters. The highest BCUT2D eigenvalue weighted by Crippen LogP contribution is 2.14. The second-order valence-electron chi connectivity index (χ2n) is 4.97. The summed E-state index contributed by atoms with van der Waals surface area (Å²) in [6, 6.07) is 6.84. The Morgan fingerprint density at radius 3 is 2.38 bits per heavy atom. The summed E-state index contributed by atoms with van der Waals surface area (Å²) < 4.78 is 0. The lowest BCUT2D eigenvalue weighted by atomic mass is 10.1. The second-order valence-corrected chi connectivity index (χ2v) is 5.41. The van der Waals surface area contributed by atoms with Crippen LogP contribution < -0.4 is 5.32 Å². The molecule has 1 N–H and O–H groups in total. The Morgan fingerprint density at radius 2 is 1.86 bits per heavy atom. The van der Waals surface area contributed by atoms with Gasteiger partial charge in [0, 0.05) is 24.5 Å². The number of hydrogen-bond acceptors (Lipinski definition) is 2. The third-order valence-electron chi connectivity index (χ3n) is 3.25. The van der Waals surface area contributed by atoms with Crippen molar-refractivity contribution in [2.45, 2.75) is 46.2 Å². The van der Waals surface area contributed by atoms with Gasteiger partial charge in [-0.15, -0.1) is 0 Å². The van der Waals surface area contributed by atoms with Gasteiger partial charge in [0.1, 0.15) is 6.04 Å². The SMILES string of the molecule is CCCC(=O)N(Cc1ccc(Cl)cc1)[C@H](C)C(=O)NCC. The van der Waals surface area contributed by atoms with Crippen molar-refractivity contribution in [1.82, 2.24) is 10.2 Å². The molecule has 0 aliphatic carbocycles. The first kappa shape index (κ1) is 17.5. The minimum atomic E-state index is -0.486. The summed E-state index contributed by atoms with van der Waals surface area (Å²) in [7, 11) is 0. The molecular weight excluding hydrogens is 288 g/mol. The van der Waals surface area contributed by atoms with Gasteiger partial charge in [0.25, 0.3) is 0 Å². The van der Waals surface area contributed by atoms with Gasteiger partial charge in [0.15, 0.2) is 0 Å². The fourth-order valence-electron chi connectivity index (χ4n) is 2.05. The third kappa shape index (κ3) is 5.38. The number of likely N-dealkylation sites (N-methyl/N-ethyl adjacent to an activating group) is 1. The Balaban J connectivity index is 2.88. The highest BCUT2D eigenvalue weighted by Gasteiger charge is 2.24. The monoisotopic (exact) mass is 310 g/mol. The molecule has 0 aromatic heterocycles. The second kappa shape index (κ2) is 8.67. The van der Waals surface area contributed by atoms with E-state index in [4.69, 9.17) is 11.6 Å². The standard InChI is InChI=1S/C16H23ClN2O2/c1-4-6-15(20)19(12(3)16(21)18-5-2)11-13-7-9-14(17)10-8-13/h7-10,12H,4-6,11H2,1-3H3,(H,18,21)/t12-/m1/s1. The number of amides is 2. The van der Waals surface area contributed by atoms with E-state index in [0.29, 0.717) is 24.5 Å². The highest BCUT2D eigenvalue weighted by atomic mass is 35.5. The summed E-state index contributed by atoms with van der Waals surface area (Å²) in [5.74, 6) is -0.137. The molecule has 2 amide bonds. The number of halogens is 1. The number of hydrogen-bond donors (Lipinski definition) is 1. The lowest BCUT2D eigenvalue weighted by molar-refractivity contribution is -0.140. The Labute approximate surface area is 131 Å². The molecule has 4 nitrogen and oxygen atoms in total. The summed E-state index contributed by atoms with van der Waals surface area (Å²) in [6.07, 6.45) is 1.20. The number of nitrogens with one attached hydrogen (secondary N) is 1. The van der Waals surface area contributed by atoms with Crippen molar-refractivity contribution in [3.8, 4) is 0 Å². The van der Waals surface area contributed by atoms with Crippen LogP contribution in [-0.4, -0.2) is 29.3 Å². The quantitative estimate of drug-likeness (QED) is 0.841. The molecular formula is C16H23ClN2O2. The molecule has 1 aromatic carbocycles. The molecule has 1 rings (SSSR count). The van der Waals surface area contributed by atoms with E-state index < -0.39 is 6.04 Å². The van der Waals surface area contributed by atoms with Gasteiger partial charge in [0.2, 0.25) is 11.8 Å². The summed E-state index contributed by atoms with van der Waals surface area (Å²) in [5, 5.41) is 3.42. The number of benzene rings is 1. The molecule has 0 heterocycles. The van der Waals surface area contributed by atoms with Gasteiger partial charge in [-0.3, -0.25) is 9.59 Å². The van der Waals surface area contributed by atoms with Crippen molar-refractivity contribution in [3.05, 3.63) is 34.9 Å². The van der Waals surface area contributed by atoms with Crippen molar-refractivity contribution < 1.29 is 9.59 Å². The molecule has 0 radical (unpaired) electrons. The number of carbonyl (C=O) groups excluding carboxylic acids is 2. The first-order chi connectivity index (χ1) is 9.99. The zero-order valence-electron chi connectivity index (χ0n) is 12.9. The Bertz CT molecular complexity index is 474. The van der Waals surface area contributed by atoms with Crippen LogP contribution in [0.2, 0.25) is 5.02 Å². The number of carbonyl (C=O) groups is 2. The van der Waals surface area contributed by atoms with Crippen LogP contribution in [-0.2, 0) is 16.1 Å². The Kier molecular flexibility index (Phi) is 7.23. The van der Waals surface area contributed by atoms with Crippen molar-refractivity contribution in [3.63, 3.8) is 0 Å². The van der Waals surface area contributed by atoms with Crippen molar-refractivity contribution in [1.29, 1.82) is 0 Å². The molecule has 0 aliphatic heterocycles. The Morgan fingerprint density at radius 1 is 1.24 bits per heavy atom. The first-order valence-electron chi connectivity index (χ1n) is 7.31. The fraction of sp³-hybridized carbons (Fsp3) is 0.500. The molecule has 0 fully saturated rings. The van der Waals surface area contributed by atoms with Crippen LogP contribution in [0.1, 0.15) is 39.2 Å². The fourth-order valence-corrected chi connectivity index (χ4v) is 2.17. The zero-order valence-corrected chi connectivity index (χ0v) is 13.6. The lowest BCUT2D eigenvalue weighted by Crippen LogP contribution is -2.47. The number of rotatable bonds is 7. The van der Waals surface area contributed by atoms with Crippen molar-refractivity contribution in [2.24, 2.45) is 0 Å². The van der Waals surface area contributed by atoms with E-state index in [1.165, 1.54) is 0 Å².